The molecular formula is C31H37ClN4O2. The van der Waals surface area contributed by atoms with E-state index in [1.54, 1.807) is 11.9 Å². The summed E-state index contributed by atoms with van der Waals surface area (Å²) in [6, 6.07) is 29.9. The number of amides is 3. The molecule has 2 fully saturated rings. The summed E-state index contributed by atoms with van der Waals surface area (Å²) in [6.45, 7) is 5.86. The molecule has 3 aromatic rings. The van der Waals surface area contributed by atoms with Crippen molar-refractivity contribution in [1.29, 1.82) is 0 Å². The number of anilines is 1. The minimum Gasteiger partial charge on any atom is -0.369 e. The number of hydrogen-bond donors (Lipinski definition) is 0. The summed E-state index contributed by atoms with van der Waals surface area (Å²) < 4.78 is 0. The van der Waals surface area contributed by atoms with Crippen molar-refractivity contribution in [2.24, 2.45) is 0 Å². The Hall–Kier alpha value is -3.35. The number of halogens is 1. The number of piperazine rings is 1. The van der Waals surface area contributed by atoms with Gasteiger partial charge in [0.15, 0.2) is 5.54 Å². The molecule has 0 unspecified atom stereocenters. The van der Waals surface area contributed by atoms with Gasteiger partial charge >= 0.3 is 6.03 Å². The van der Waals surface area contributed by atoms with Crippen molar-refractivity contribution in [2.75, 3.05) is 51.2 Å². The summed E-state index contributed by atoms with van der Waals surface area (Å²) in [5.41, 5.74) is 1.85. The Morgan fingerprint density at radius 1 is 0.658 bits per heavy atom. The van der Waals surface area contributed by atoms with E-state index in [2.05, 4.69) is 40.1 Å². The molecule has 0 N–H and O–H groups in total. The number of likely N-dealkylation sites (N-methyl/N-ethyl adjacent to an activating group) is 1. The van der Waals surface area contributed by atoms with E-state index in [-0.39, 0.29) is 24.3 Å². The van der Waals surface area contributed by atoms with E-state index < -0.39 is 5.54 Å². The smallest absolute Gasteiger partial charge is 0.327 e. The predicted octanol–water partition coefficient (Wildman–Crippen LogP) is 5.24. The van der Waals surface area contributed by atoms with Gasteiger partial charge in [0, 0.05) is 45.5 Å². The molecule has 0 radical (unpaired) electrons. The van der Waals surface area contributed by atoms with Gasteiger partial charge in [-0.25, -0.2) is 4.79 Å². The van der Waals surface area contributed by atoms with E-state index in [4.69, 9.17) is 0 Å². The summed E-state index contributed by atoms with van der Waals surface area (Å²) in [4.78, 5) is 35.1. The first-order chi connectivity index (χ1) is 18.1. The van der Waals surface area contributed by atoms with Gasteiger partial charge in [-0.2, -0.15) is 0 Å². The van der Waals surface area contributed by atoms with Crippen LogP contribution in [0.5, 0.6) is 0 Å². The van der Waals surface area contributed by atoms with Crippen molar-refractivity contribution in [2.45, 2.75) is 24.8 Å². The molecule has 0 saturated carbocycles. The Morgan fingerprint density at radius 2 is 1.16 bits per heavy atom. The summed E-state index contributed by atoms with van der Waals surface area (Å²) in [5, 5.41) is 0. The second-order valence-electron chi connectivity index (χ2n) is 9.97. The standard InChI is InChI=1S/C31H36N4O2.ClH/c1-32-29(36)31(26-14-6-2-7-15-26,27-16-8-3-9-17-27)35(30(32)37)21-13-5-12-20-33-22-24-34(25-23-33)28-18-10-4-11-19-28;/h2-4,6-11,14-19H,5,12-13,20-25H2,1H3;1H. The maximum atomic E-state index is 13.7. The van der Waals surface area contributed by atoms with Crippen LogP contribution in [-0.2, 0) is 10.3 Å². The molecule has 2 heterocycles. The van der Waals surface area contributed by atoms with Crippen LogP contribution in [0.1, 0.15) is 30.4 Å². The Labute approximate surface area is 232 Å². The number of hydrogen-bond acceptors (Lipinski definition) is 4. The van der Waals surface area contributed by atoms with E-state index in [1.165, 1.54) is 10.6 Å². The lowest BCUT2D eigenvalue weighted by molar-refractivity contribution is -0.131. The first-order valence-electron chi connectivity index (χ1n) is 13.4. The zero-order valence-electron chi connectivity index (χ0n) is 22.0. The van der Waals surface area contributed by atoms with Crippen molar-refractivity contribution in [3.8, 4) is 0 Å². The average molecular weight is 533 g/mol. The monoisotopic (exact) mass is 532 g/mol. The number of imide groups is 1. The van der Waals surface area contributed by atoms with Gasteiger partial charge in [-0.1, -0.05) is 85.3 Å². The van der Waals surface area contributed by atoms with Crippen LogP contribution in [0.3, 0.4) is 0 Å². The molecule has 3 amide bonds. The van der Waals surface area contributed by atoms with E-state index in [0.29, 0.717) is 6.54 Å². The van der Waals surface area contributed by atoms with Crippen LogP contribution in [0.4, 0.5) is 10.5 Å². The molecule has 38 heavy (non-hydrogen) atoms. The van der Waals surface area contributed by atoms with Gasteiger partial charge in [-0.3, -0.25) is 14.6 Å². The third kappa shape index (κ3) is 5.29. The quantitative estimate of drug-likeness (QED) is 0.279. The van der Waals surface area contributed by atoms with Crippen LogP contribution in [0.2, 0.25) is 0 Å². The van der Waals surface area contributed by atoms with Gasteiger partial charge in [-0.15, -0.1) is 12.4 Å². The summed E-state index contributed by atoms with van der Waals surface area (Å²) in [5.74, 6) is -0.189. The second-order valence-corrected chi connectivity index (χ2v) is 9.97. The SMILES string of the molecule is CN1C(=O)N(CCCCCN2CCN(c3ccccc3)CC2)C(c2ccccc2)(c2ccccc2)C1=O.Cl. The normalized spacial score (nSPS) is 17.6. The summed E-state index contributed by atoms with van der Waals surface area (Å²) >= 11 is 0. The molecule has 0 spiro atoms. The van der Waals surface area contributed by atoms with Gasteiger partial charge in [-0.05, 0) is 42.6 Å². The second kappa shape index (κ2) is 12.5. The number of para-hydroxylation sites is 1. The van der Waals surface area contributed by atoms with E-state index in [0.717, 1.165) is 63.1 Å². The number of urea groups is 1. The molecule has 2 aliphatic rings. The zero-order chi connectivity index (χ0) is 25.7. The van der Waals surface area contributed by atoms with Crippen LogP contribution in [0, 0.1) is 0 Å². The highest BCUT2D eigenvalue weighted by molar-refractivity contribution is 6.09. The lowest BCUT2D eigenvalue weighted by Crippen LogP contribution is -2.48. The van der Waals surface area contributed by atoms with Crippen molar-refractivity contribution in [3.05, 3.63) is 102 Å². The van der Waals surface area contributed by atoms with E-state index in [1.807, 2.05) is 60.7 Å². The third-order valence-electron chi connectivity index (χ3n) is 7.77. The first kappa shape index (κ1) is 27.7. The fourth-order valence-electron chi connectivity index (χ4n) is 5.77. The summed E-state index contributed by atoms with van der Waals surface area (Å²) in [7, 11) is 1.60. The van der Waals surface area contributed by atoms with Gasteiger partial charge < -0.3 is 9.80 Å². The number of carbonyl (C=O) groups excluding carboxylic acids is 2. The number of carbonyl (C=O) groups is 2. The van der Waals surface area contributed by atoms with Crippen LogP contribution < -0.4 is 4.90 Å². The maximum absolute atomic E-state index is 13.7. The number of nitrogens with zero attached hydrogens (tertiary/aromatic N) is 4. The molecule has 7 heteroatoms. The van der Waals surface area contributed by atoms with Gasteiger partial charge in [0.25, 0.3) is 5.91 Å². The van der Waals surface area contributed by atoms with Crippen molar-refractivity contribution in [3.63, 3.8) is 0 Å². The van der Waals surface area contributed by atoms with Crippen LogP contribution >= 0.6 is 12.4 Å². The topological polar surface area (TPSA) is 47.1 Å². The minimum atomic E-state index is -1.12. The van der Waals surface area contributed by atoms with Crippen LogP contribution in [0.25, 0.3) is 0 Å². The Balaban J connectivity index is 0.00000336. The minimum absolute atomic E-state index is 0. The molecule has 0 aliphatic carbocycles. The highest BCUT2D eigenvalue weighted by atomic mass is 35.5. The highest BCUT2D eigenvalue weighted by Crippen LogP contribution is 2.42. The number of benzene rings is 3. The number of rotatable bonds is 9. The molecule has 3 aromatic carbocycles. The molecule has 6 nitrogen and oxygen atoms in total. The fourth-order valence-corrected chi connectivity index (χ4v) is 5.77. The molecule has 200 valence electrons. The number of unbranched alkanes of at least 4 members (excludes halogenated alkanes) is 2. The predicted molar refractivity (Wildman–Crippen MR) is 155 cm³/mol. The largest absolute Gasteiger partial charge is 0.369 e. The maximum Gasteiger partial charge on any atom is 0.327 e. The molecule has 0 bridgehead atoms. The first-order valence-corrected chi connectivity index (χ1v) is 13.4. The molecule has 2 saturated heterocycles. The Morgan fingerprint density at radius 3 is 1.71 bits per heavy atom. The average Bonchev–Trinajstić information content (AvgIpc) is 3.15. The highest BCUT2D eigenvalue weighted by Gasteiger charge is 2.57. The zero-order valence-corrected chi connectivity index (χ0v) is 22.9. The van der Waals surface area contributed by atoms with Crippen molar-refractivity contribution in [1.82, 2.24) is 14.7 Å². The van der Waals surface area contributed by atoms with Gasteiger partial charge in [0.2, 0.25) is 0 Å². The van der Waals surface area contributed by atoms with Crippen LogP contribution in [0.15, 0.2) is 91.0 Å². The molecular weight excluding hydrogens is 496 g/mol. The van der Waals surface area contributed by atoms with E-state index in [9.17, 15) is 9.59 Å². The molecule has 0 atom stereocenters. The third-order valence-corrected chi connectivity index (χ3v) is 7.77. The van der Waals surface area contributed by atoms with Gasteiger partial charge in [0.05, 0.1) is 0 Å². The van der Waals surface area contributed by atoms with Crippen molar-refractivity contribution >= 4 is 30.0 Å². The van der Waals surface area contributed by atoms with Crippen molar-refractivity contribution < 1.29 is 9.59 Å². The summed E-state index contributed by atoms with van der Waals surface area (Å²) in [6.07, 6.45) is 2.96. The molecule has 0 aromatic heterocycles. The van der Waals surface area contributed by atoms with Gasteiger partial charge in [0.1, 0.15) is 0 Å². The lowest BCUT2D eigenvalue weighted by Gasteiger charge is -2.37. The molecule has 5 rings (SSSR count). The Bertz CT molecular complexity index is 1140. The fraction of sp³-hybridized carbons (Fsp3) is 0.355. The lowest BCUT2D eigenvalue weighted by atomic mass is 9.81. The van der Waals surface area contributed by atoms with E-state index >= 15 is 0 Å². The molecule has 2 aliphatic heterocycles. The Kier molecular flexibility index (Phi) is 9.08. The van der Waals surface area contributed by atoms with Crippen LogP contribution in [-0.4, -0.2) is 73.0 Å².